The van der Waals surface area contributed by atoms with Crippen LogP contribution in [0.15, 0.2) is 0 Å². The highest BCUT2D eigenvalue weighted by Gasteiger charge is 2.27. The first-order chi connectivity index (χ1) is 12.2. The van der Waals surface area contributed by atoms with Crippen LogP contribution < -0.4 is 20.4 Å². The van der Waals surface area contributed by atoms with Gasteiger partial charge in [-0.1, -0.05) is 19.8 Å². The molecule has 0 radical (unpaired) electrons. The molecule has 0 aromatic carbocycles. The fourth-order valence-electron chi connectivity index (χ4n) is 4.25. The van der Waals surface area contributed by atoms with Gasteiger partial charge in [-0.15, -0.1) is 0 Å². The first kappa shape index (κ1) is 21.2. The topological polar surface area (TPSA) is 67.1 Å². The zero-order valence-electron chi connectivity index (χ0n) is 17.2. The number of amides is 2. The lowest BCUT2D eigenvalue weighted by Gasteiger charge is -2.29. The van der Waals surface area contributed by atoms with Crippen LogP contribution in [0.25, 0.3) is 0 Å². The van der Waals surface area contributed by atoms with Gasteiger partial charge in [0.25, 0.3) is 11.8 Å². The number of carbonyl (C=O) groups excluding carboxylic acids is 2. The fourth-order valence-corrected chi connectivity index (χ4v) is 4.25. The van der Waals surface area contributed by atoms with Gasteiger partial charge in [-0.25, -0.2) is 0 Å². The second kappa shape index (κ2) is 9.70. The first-order valence-corrected chi connectivity index (χ1v) is 10.5. The third kappa shape index (κ3) is 7.62. The van der Waals surface area contributed by atoms with Crippen molar-refractivity contribution in [2.24, 2.45) is 5.92 Å². The minimum atomic E-state index is -0.173. The lowest BCUT2D eigenvalue weighted by molar-refractivity contribution is -0.930. The standard InChI is InChI=1S/C20H38N4O2/c1-16-8-5-6-9-17(16)21-18(25)14-23-10-7-11-24(13-12-23)15-19(26)22-20(2,3)4/h16-17H,5-15H2,1-4H3,(H,21,25)(H,22,26)/p+2/t16-,17-/m0/s1. The maximum Gasteiger partial charge on any atom is 0.275 e. The molecule has 2 unspecified atom stereocenters. The van der Waals surface area contributed by atoms with Crippen molar-refractivity contribution >= 4 is 11.8 Å². The molecular weight excluding hydrogens is 328 g/mol. The van der Waals surface area contributed by atoms with Crippen molar-refractivity contribution in [1.82, 2.24) is 10.6 Å². The summed E-state index contributed by atoms with van der Waals surface area (Å²) in [4.78, 5) is 27.3. The van der Waals surface area contributed by atoms with E-state index in [2.05, 4.69) is 17.6 Å². The molecule has 0 aromatic rings. The van der Waals surface area contributed by atoms with Crippen LogP contribution in [0.5, 0.6) is 0 Å². The molecule has 1 aliphatic heterocycles. The highest BCUT2D eigenvalue weighted by atomic mass is 16.2. The molecule has 2 amide bonds. The van der Waals surface area contributed by atoms with E-state index in [9.17, 15) is 9.59 Å². The molecule has 2 aliphatic rings. The molecule has 26 heavy (non-hydrogen) atoms. The first-order valence-electron chi connectivity index (χ1n) is 10.5. The molecule has 1 saturated heterocycles. The van der Waals surface area contributed by atoms with E-state index >= 15 is 0 Å². The lowest BCUT2D eigenvalue weighted by atomic mass is 9.86. The van der Waals surface area contributed by atoms with Gasteiger partial charge in [-0.05, 0) is 39.5 Å². The van der Waals surface area contributed by atoms with Gasteiger partial charge < -0.3 is 20.4 Å². The van der Waals surface area contributed by atoms with Crippen LogP contribution in [0.3, 0.4) is 0 Å². The average Bonchev–Trinajstić information content (AvgIpc) is 2.73. The summed E-state index contributed by atoms with van der Waals surface area (Å²) in [5, 5.41) is 6.32. The van der Waals surface area contributed by atoms with Crippen LogP contribution in [0.4, 0.5) is 0 Å². The van der Waals surface area contributed by atoms with Crippen LogP contribution in [0.1, 0.15) is 59.8 Å². The van der Waals surface area contributed by atoms with Crippen molar-refractivity contribution in [2.45, 2.75) is 71.4 Å². The van der Waals surface area contributed by atoms with E-state index in [1.54, 1.807) is 0 Å². The number of hydrogen-bond acceptors (Lipinski definition) is 2. The van der Waals surface area contributed by atoms with Crippen molar-refractivity contribution in [3.05, 3.63) is 0 Å². The van der Waals surface area contributed by atoms with E-state index < -0.39 is 0 Å². The van der Waals surface area contributed by atoms with Crippen molar-refractivity contribution in [3.8, 4) is 0 Å². The Morgan fingerprint density at radius 1 is 0.885 bits per heavy atom. The third-order valence-corrected chi connectivity index (χ3v) is 5.69. The molecule has 0 bridgehead atoms. The van der Waals surface area contributed by atoms with Crippen LogP contribution in [-0.4, -0.2) is 62.7 Å². The number of rotatable bonds is 5. The predicted octanol–water partition coefficient (Wildman–Crippen LogP) is -1.23. The smallest absolute Gasteiger partial charge is 0.275 e. The van der Waals surface area contributed by atoms with E-state index in [-0.39, 0.29) is 17.4 Å². The monoisotopic (exact) mass is 368 g/mol. The number of carbonyl (C=O) groups is 2. The molecule has 2 rings (SSSR count). The molecule has 0 spiro atoms. The third-order valence-electron chi connectivity index (χ3n) is 5.69. The van der Waals surface area contributed by atoms with E-state index in [4.69, 9.17) is 0 Å². The molecule has 1 saturated carbocycles. The van der Waals surface area contributed by atoms with Gasteiger partial charge in [0.1, 0.15) is 13.1 Å². The summed E-state index contributed by atoms with van der Waals surface area (Å²) in [7, 11) is 0. The van der Waals surface area contributed by atoms with Gasteiger partial charge in [0, 0.05) is 18.0 Å². The summed E-state index contributed by atoms with van der Waals surface area (Å²) in [6, 6.07) is 0.367. The van der Waals surface area contributed by atoms with Crippen LogP contribution in [-0.2, 0) is 9.59 Å². The summed E-state index contributed by atoms with van der Waals surface area (Å²) in [6.07, 6.45) is 5.97. The Kier molecular flexibility index (Phi) is 7.89. The Hall–Kier alpha value is -1.14. The van der Waals surface area contributed by atoms with E-state index in [0.717, 1.165) is 39.0 Å². The Bertz CT molecular complexity index is 475. The fraction of sp³-hybridized carbons (Fsp3) is 0.900. The van der Waals surface area contributed by atoms with Gasteiger partial charge >= 0.3 is 0 Å². The van der Waals surface area contributed by atoms with Gasteiger partial charge in [0.05, 0.1) is 13.1 Å². The highest BCUT2D eigenvalue weighted by molar-refractivity contribution is 5.77. The van der Waals surface area contributed by atoms with E-state index in [0.29, 0.717) is 25.0 Å². The Balaban J connectivity index is 1.72. The molecule has 4 N–H and O–H groups in total. The second-order valence-electron chi connectivity index (χ2n) is 9.44. The normalized spacial score (nSPS) is 30.3. The maximum absolute atomic E-state index is 12.5. The van der Waals surface area contributed by atoms with Gasteiger partial charge in [0.15, 0.2) is 13.1 Å². The molecule has 1 aliphatic carbocycles. The van der Waals surface area contributed by atoms with Gasteiger partial charge in [0.2, 0.25) is 0 Å². The van der Waals surface area contributed by atoms with Crippen LogP contribution in [0.2, 0.25) is 0 Å². The summed E-state index contributed by atoms with van der Waals surface area (Å²) in [5.41, 5.74) is -0.173. The zero-order chi connectivity index (χ0) is 19.2. The quantitative estimate of drug-likeness (QED) is 0.491. The minimum absolute atomic E-state index is 0.125. The lowest BCUT2D eigenvalue weighted by Crippen LogP contribution is -3.18. The molecule has 6 heteroatoms. The summed E-state index contributed by atoms with van der Waals surface area (Å²) in [6.45, 7) is 13.4. The molecule has 1 heterocycles. The largest absolute Gasteiger partial charge is 0.348 e. The minimum Gasteiger partial charge on any atom is -0.348 e. The Labute approximate surface area is 159 Å². The molecular formula is C20H40N4O2+2. The van der Waals surface area contributed by atoms with Crippen molar-refractivity contribution in [3.63, 3.8) is 0 Å². The van der Waals surface area contributed by atoms with Crippen molar-refractivity contribution in [1.29, 1.82) is 0 Å². The number of hydrogen-bond donors (Lipinski definition) is 4. The predicted molar refractivity (Wildman–Crippen MR) is 103 cm³/mol. The summed E-state index contributed by atoms with van der Waals surface area (Å²) >= 11 is 0. The van der Waals surface area contributed by atoms with Crippen molar-refractivity contribution in [2.75, 3.05) is 39.3 Å². The number of quaternary nitrogens is 2. The van der Waals surface area contributed by atoms with E-state index in [1.165, 1.54) is 29.1 Å². The maximum atomic E-state index is 12.5. The zero-order valence-corrected chi connectivity index (χ0v) is 17.2. The molecule has 6 nitrogen and oxygen atoms in total. The van der Waals surface area contributed by atoms with Crippen LogP contribution in [0, 0.1) is 5.92 Å². The van der Waals surface area contributed by atoms with E-state index in [1.807, 2.05) is 20.8 Å². The Morgan fingerprint density at radius 2 is 1.46 bits per heavy atom. The number of nitrogens with one attached hydrogen (secondary N) is 4. The Morgan fingerprint density at radius 3 is 2.04 bits per heavy atom. The average molecular weight is 369 g/mol. The molecule has 4 atom stereocenters. The van der Waals surface area contributed by atoms with Gasteiger partial charge in [-0.2, -0.15) is 0 Å². The van der Waals surface area contributed by atoms with Gasteiger partial charge in [-0.3, -0.25) is 9.59 Å². The molecule has 2 fully saturated rings. The highest BCUT2D eigenvalue weighted by Crippen LogP contribution is 2.23. The SMILES string of the molecule is C[C@H]1CCCC[C@@H]1NC(=O)C[NH+]1CCC[NH+](CC(=O)NC(C)(C)C)CC1. The van der Waals surface area contributed by atoms with Crippen LogP contribution >= 0.6 is 0 Å². The summed E-state index contributed by atoms with van der Waals surface area (Å²) in [5.74, 6) is 0.931. The summed E-state index contributed by atoms with van der Waals surface area (Å²) < 4.78 is 0. The molecule has 0 aromatic heterocycles. The second-order valence-corrected chi connectivity index (χ2v) is 9.44. The van der Waals surface area contributed by atoms with Crippen molar-refractivity contribution < 1.29 is 19.4 Å². The molecule has 150 valence electrons.